The second kappa shape index (κ2) is 7.30. The number of fused-ring (bicyclic) bond motifs is 4. The third kappa shape index (κ3) is 3.26. The zero-order valence-corrected chi connectivity index (χ0v) is 18.6. The van der Waals surface area contributed by atoms with E-state index < -0.39 is 0 Å². The van der Waals surface area contributed by atoms with E-state index >= 15 is 0 Å². The first-order chi connectivity index (χ1) is 15.5. The zero-order chi connectivity index (χ0) is 21.9. The van der Waals surface area contributed by atoms with Gasteiger partial charge < -0.3 is 14.5 Å². The number of carbonyl (C=O) groups excluding carboxylic acids is 1. The van der Waals surface area contributed by atoms with E-state index in [0.29, 0.717) is 18.8 Å². The molecular weight excluding hydrogens is 404 g/mol. The molecule has 1 atom stereocenters. The number of carbonyl (C=O) groups is 1. The van der Waals surface area contributed by atoms with Crippen molar-refractivity contribution in [3.05, 3.63) is 58.4 Å². The number of hydrogen-bond donors (Lipinski definition) is 1. The lowest BCUT2D eigenvalue weighted by Gasteiger charge is -2.19. The summed E-state index contributed by atoms with van der Waals surface area (Å²) in [5.74, 6) is 1.15. The minimum Gasteiger partial charge on any atom is -0.455 e. The molecular formula is C25H28N4O3. The molecule has 4 heterocycles. The van der Waals surface area contributed by atoms with E-state index in [4.69, 9.17) is 14.3 Å². The van der Waals surface area contributed by atoms with Crippen molar-refractivity contribution >= 4 is 5.91 Å². The summed E-state index contributed by atoms with van der Waals surface area (Å²) in [5, 5.41) is 7.97. The molecule has 1 amide bonds. The molecule has 1 spiro atoms. The molecule has 0 radical (unpaired) electrons. The van der Waals surface area contributed by atoms with E-state index in [-0.39, 0.29) is 17.4 Å². The van der Waals surface area contributed by atoms with E-state index in [9.17, 15) is 4.79 Å². The second-order valence-electron chi connectivity index (χ2n) is 9.55. The number of rotatable bonds is 5. The molecule has 1 saturated carbocycles. The van der Waals surface area contributed by atoms with Gasteiger partial charge in [0.15, 0.2) is 5.76 Å². The van der Waals surface area contributed by atoms with Crippen LogP contribution in [0.5, 0.6) is 0 Å². The van der Waals surface area contributed by atoms with Crippen molar-refractivity contribution < 1.29 is 13.9 Å². The maximum Gasteiger partial charge on any atom is 0.287 e. The highest BCUT2D eigenvalue weighted by molar-refractivity contribution is 5.95. The van der Waals surface area contributed by atoms with Gasteiger partial charge in [0, 0.05) is 59.8 Å². The summed E-state index contributed by atoms with van der Waals surface area (Å²) in [6.45, 7) is 5.95. The highest BCUT2D eigenvalue weighted by Crippen LogP contribution is 2.58. The van der Waals surface area contributed by atoms with Gasteiger partial charge in [-0.05, 0) is 51.2 Å². The Hall–Kier alpha value is -2.93. The Morgan fingerprint density at radius 3 is 2.91 bits per heavy atom. The third-order valence-corrected chi connectivity index (χ3v) is 7.18. The van der Waals surface area contributed by atoms with Gasteiger partial charge in [-0.25, -0.2) is 0 Å². The van der Waals surface area contributed by atoms with Crippen LogP contribution in [-0.4, -0.2) is 39.9 Å². The maximum atomic E-state index is 12.9. The number of furan rings is 1. The van der Waals surface area contributed by atoms with Crippen molar-refractivity contribution in [1.82, 2.24) is 20.1 Å². The monoisotopic (exact) mass is 432 g/mol. The summed E-state index contributed by atoms with van der Waals surface area (Å²) in [6, 6.07) is 4.13. The lowest BCUT2D eigenvalue weighted by Crippen LogP contribution is -2.31. The number of amides is 1. The summed E-state index contributed by atoms with van der Waals surface area (Å²) >= 11 is 0. The first kappa shape index (κ1) is 19.7. The molecule has 2 fully saturated rings. The van der Waals surface area contributed by atoms with Crippen LogP contribution in [0.15, 0.2) is 28.9 Å². The van der Waals surface area contributed by atoms with Gasteiger partial charge >= 0.3 is 0 Å². The molecule has 6 rings (SSSR count). The van der Waals surface area contributed by atoms with E-state index in [1.807, 2.05) is 30.8 Å². The number of pyridine rings is 1. The number of nitrogens with zero attached hydrogens (tertiary/aromatic N) is 3. The predicted molar refractivity (Wildman–Crippen MR) is 119 cm³/mol. The van der Waals surface area contributed by atoms with Crippen LogP contribution in [-0.2, 0) is 23.1 Å². The molecule has 3 aromatic rings. The smallest absolute Gasteiger partial charge is 0.287 e. The Morgan fingerprint density at radius 1 is 1.31 bits per heavy atom. The molecule has 166 valence electrons. The van der Waals surface area contributed by atoms with Crippen molar-refractivity contribution in [3.8, 4) is 11.3 Å². The van der Waals surface area contributed by atoms with Crippen molar-refractivity contribution in [2.75, 3.05) is 13.2 Å². The Balaban J connectivity index is 1.31. The maximum absolute atomic E-state index is 12.9. The minimum absolute atomic E-state index is 0.108. The largest absolute Gasteiger partial charge is 0.455 e. The molecule has 3 aromatic heterocycles. The van der Waals surface area contributed by atoms with E-state index in [1.54, 1.807) is 0 Å². The lowest BCUT2D eigenvalue weighted by molar-refractivity contribution is 0.0833. The van der Waals surface area contributed by atoms with Gasteiger partial charge in [-0.3, -0.25) is 14.5 Å². The molecule has 7 nitrogen and oxygen atoms in total. The number of aryl methyl sites for hydroxylation is 1. The average molecular weight is 433 g/mol. The van der Waals surface area contributed by atoms with Gasteiger partial charge in [0.2, 0.25) is 0 Å². The van der Waals surface area contributed by atoms with Crippen LogP contribution in [0.3, 0.4) is 0 Å². The van der Waals surface area contributed by atoms with Crippen LogP contribution in [0.4, 0.5) is 0 Å². The Kier molecular flexibility index (Phi) is 4.50. The topological polar surface area (TPSA) is 82.2 Å². The molecule has 0 bridgehead atoms. The van der Waals surface area contributed by atoms with Crippen molar-refractivity contribution in [1.29, 1.82) is 0 Å². The normalized spacial score (nSPS) is 20.2. The van der Waals surface area contributed by atoms with Gasteiger partial charge in [-0.2, -0.15) is 5.10 Å². The van der Waals surface area contributed by atoms with Crippen LogP contribution < -0.4 is 5.32 Å². The van der Waals surface area contributed by atoms with Gasteiger partial charge in [0.25, 0.3) is 5.91 Å². The number of aromatic nitrogens is 3. The highest BCUT2D eigenvalue weighted by atomic mass is 16.5. The molecule has 1 N–H and O–H groups in total. The lowest BCUT2D eigenvalue weighted by atomic mass is 9.82. The van der Waals surface area contributed by atoms with Gasteiger partial charge in [-0.1, -0.05) is 6.07 Å². The fourth-order valence-corrected chi connectivity index (χ4v) is 5.17. The summed E-state index contributed by atoms with van der Waals surface area (Å²) < 4.78 is 13.8. The predicted octanol–water partition coefficient (Wildman–Crippen LogP) is 3.70. The van der Waals surface area contributed by atoms with Gasteiger partial charge in [-0.15, -0.1) is 0 Å². The summed E-state index contributed by atoms with van der Waals surface area (Å²) in [6.07, 6.45) is 9.37. The van der Waals surface area contributed by atoms with Crippen LogP contribution >= 0.6 is 0 Å². The standard InChI is InChI=1S/C25H28N4O3/c1-15-5-6-17(11-26-15)13-29-14-19-22(28-29)21-16(2)23(32-20(21)10-25(19)7-8-25)24(30)27-12-18-4-3-9-31-18/h5-6,11,14,18H,3-4,7-10,12-13H2,1-2H3,(H,27,30)/t18-/m0/s1. The molecule has 2 aliphatic carbocycles. The van der Waals surface area contributed by atoms with E-state index in [1.165, 1.54) is 5.56 Å². The fourth-order valence-electron chi connectivity index (χ4n) is 5.17. The Bertz CT molecular complexity index is 1180. The first-order valence-electron chi connectivity index (χ1n) is 11.5. The summed E-state index contributed by atoms with van der Waals surface area (Å²) in [5.41, 5.74) is 6.39. The van der Waals surface area contributed by atoms with Crippen LogP contribution in [0.2, 0.25) is 0 Å². The van der Waals surface area contributed by atoms with Crippen LogP contribution in [0, 0.1) is 13.8 Å². The summed E-state index contributed by atoms with van der Waals surface area (Å²) in [7, 11) is 0. The molecule has 32 heavy (non-hydrogen) atoms. The van der Waals surface area contributed by atoms with Crippen molar-refractivity contribution in [2.24, 2.45) is 0 Å². The number of nitrogens with one attached hydrogen (secondary N) is 1. The van der Waals surface area contributed by atoms with Gasteiger partial charge in [0.1, 0.15) is 5.76 Å². The average Bonchev–Trinajstić information content (AvgIpc) is 3.13. The van der Waals surface area contributed by atoms with Crippen LogP contribution in [0.1, 0.15) is 64.4 Å². The molecule has 1 aliphatic heterocycles. The Morgan fingerprint density at radius 2 is 2.19 bits per heavy atom. The Labute approximate surface area is 187 Å². The first-order valence-corrected chi connectivity index (χ1v) is 11.5. The third-order valence-electron chi connectivity index (χ3n) is 7.18. The van der Waals surface area contributed by atoms with E-state index in [0.717, 1.165) is 72.5 Å². The van der Waals surface area contributed by atoms with Crippen molar-refractivity contribution in [3.63, 3.8) is 0 Å². The summed E-state index contributed by atoms with van der Waals surface area (Å²) in [4.78, 5) is 17.3. The second-order valence-corrected chi connectivity index (χ2v) is 9.55. The highest BCUT2D eigenvalue weighted by Gasteiger charge is 2.52. The van der Waals surface area contributed by atoms with Gasteiger partial charge in [0.05, 0.1) is 18.3 Å². The van der Waals surface area contributed by atoms with E-state index in [2.05, 4.69) is 22.6 Å². The fraction of sp³-hybridized carbons (Fsp3) is 0.480. The van der Waals surface area contributed by atoms with Crippen molar-refractivity contribution in [2.45, 2.75) is 64.0 Å². The number of ether oxygens (including phenoxy) is 1. The molecule has 7 heteroatoms. The molecule has 1 saturated heterocycles. The SMILES string of the molecule is Cc1ccc(Cn2cc3c(n2)-c2c(oc(C(=O)NC[C@@H]4CCCO4)c2C)CC32CC2)cn1. The molecule has 0 aromatic carbocycles. The number of hydrogen-bond acceptors (Lipinski definition) is 5. The zero-order valence-electron chi connectivity index (χ0n) is 18.6. The molecule has 0 unspecified atom stereocenters. The molecule has 3 aliphatic rings. The van der Waals surface area contributed by atoms with Crippen LogP contribution in [0.25, 0.3) is 11.3 Å². The quantitative estimate of drug-likeness (QED) is 0.665. The minimum atomic E-state index is -0.163.